The Morgan fingerprint density at radius 1 is 1.12 bits per heavy atom. The Kier molecular flexibility index (Phi) is 5.76. The Morgan fingerprint density at radius 2 is 1.68 bits per heavy atom. The first-order valence-corrected chi connectivity index (χ1v) is 7.58. The van der Waals surface area contributed by atoms with Crippen LogP contribution in [0, 0.1) is 0 Å². The van der Waals surface area contributed by atoms with Crippen LogP contribution in [0.3, 0.4) is 0 Å². The highest BCUT2D eigenvalue weighted by Gasteiger charge is 2.65. The normalized spacial score (nSPS) is 17.8. The maximum atomic E-state index is 12.9. The van der Waals surface area contributed by atoms with Crippen molar-refractivity contribution < 1.29 is 33.3 Å². The number of alkyl halides is 3. The minimum absolute atomic E-state index is 0.0215. The summed E-state index contributed by atoms with van der Waals surface area (Å²) in [6.45, 7) is -0.212. The van der Waals surface area contributed by atoms with Gasteiger partial charge < -0.3 is 20.6 Å². The van der Waals surface area contributed by atoms with Crippen molar-refractivity contribution in [2.24, 2.45) is 10.2 Å². The van der Waals surface area contributed by atoms with E-state index >= 15 is 0 Å². The van der Waals surface area contributed by atoms with Gasteiger partial charge in [0.15, 0.2) is 0 Å². The molecule has 2 atom stereocenters. The standard InChI is InChI=1S/C15H18F3N3O4/c16-15(17,18)14(20-21-14)10-3-1-9(2-4-10)13(25)19-7-5-11(23)12(24)6-8-22/h1-4,11-12,22-24H,5-8H2,(H,19,25)/t11-,12-/m1/s1. The van der Waals surface area contributed by atoms with Crippen LogP contribution < -0.4 is 5.32 Å². The smallest absolute Gasteiger partial charge is 0.396 e. The Balaban J connectivity index is 1.87. The molecule has 1 amide bonds. The van der Waals surface area contributed by atoms with Gasteiger partial charge >= 0.3 is 11.8 Å². The van der Waals surface area contributed by atoms with Gasteiger partial charge in [0.2, 0.25) is 0 Å². The molecule has 2 rings (SSSR count). The van der Waals surface area contributed by atoms with E-state index in [0.717, 1.165) is 12.1 Å². The molecular formula is C15H18F3N3O4. The number of nitrogens with one attached hydrogen (secondary N) is 1. The zero-order chi connectivity index (χ0) is 18.7. The summed E-state index contributed by atoms with van der Waals surface area (Å²) in [4.78, 5) is 11.9. The van der Waals surface area contributed by atoms with E-state index in [1.165, 1.54) is 12.1 Å². The van der Waals surface area contributed by atoms with E-state index in [4.69, 9.17) is 5.11 Å². The minimum Gasteiger partial charge on any atom is -0.396 e. The van der Waals surface area contributed by atoms with Gasteiger partial charge in [0.1, 0.15) is 0 Å². The lowest BCUT2D eigenvalue weighted by Crippen LogP contribution is -2.33. The molecule has 1 heterocycles. The lowest BCUT2D eigenvalue weighted by atomic mass is 10.0. The monoisotopic (exact) mass is 361 g/mol. The SMILES string of the molecule is O=C(NCC[C@@H](O)[C@H](O)CCO)c1ccc(C2(C(F)(F)F)N=N2)cc1. The molecule has 1 aromatic carbocycles. The van der Waals surface area contributed by atoms with Crippen LogP contribution in [0.2, 0.25) is 0 Å². The molecule has 0 saturated carbocycles. The van der Waals surface area contributed by atoms with E-state index in [1.807, 2.05) is 0 Å². The number of carbonyl (C=O) groups is 1. The molecule has 138 valence electrons. The van der Waals surface area contributed by atoms with Gasteiger partial charge in [0, 0.05) is 24.3 Å². The second-order valence-corrected chi connectivity index (χ2v) is 5.64. The van der Waals surface area contributed by atoms with Gasteiger partial charge in [-0.1, -0.05) is 12.1 Å². The molecule has 1 aliphatic rings. The maximum absolute atomic E-state index is 12.9. The fraction of sp³-hybridized carbons (Fsp3) is 0.533. The van der Waals surface area contributed by atoms with Crippen molar-refractivity contribution in [3.63, 3.8) is 0 Å². The summed E-state index contributed by atoms with van der Waals surface area (Å²) < 4.78 is 38.6. The summed E-state index contributed by atoms with van der Waals surface area (Å²) in [6, 6.07) is 4.75. The average molecular weight is 361 g/mol. The molecule has 25 heavy (non-hydrogen) atoms. The van der Waals surface area contributed by atoms with Crippen LogP contribution in [-0.4, -0.2) is 52.8 Å². The van der Waals surface area contributed by atoms with Crippen LogP contribution in [0.5, 0.6) is 0 Å². The molecule has 0 radical (unpaired) electrons. The lowest BCUT2D eigenvalue weighted by Gasteiger charge is -2.17. The molecule has 0 saturated heterocycles. The van der Waals surface area contributed by atoms with Gasteiger partial charge in [0.05, 0.1) is 12.2 Å². The highest BCUT2D eigenvalue weighted by Crippen LogP contribution is 2.52. The lowest BCUT2D eigenvalue weighted by molar-refractivity contribution is -0.166. The number of halogens is 3. The molecule has 4 N–H and O–H groups in total. The predicted octanol–water partition coefficient (Wildman–Crippen LogP) is 1.09. The number of hydrogen-bond acceptors (Lipinski definition) is 6. The summed E-state index contributed by atoms with van der Waals surface area (Å²) in [5.41, 5.74) is -2.54. The quantitative estimate of drug-likeness (QED) is 0.555. The largest absolute Gasteiger partial charge is 0.442 e. The van der Waals surface area contributed by atoms with E-state index in [2.05, 4.69) is 15.5 Å². The third-order valence-electron chi connectivity index (χ3n) is 3.84. The number of nitrogens with zero attached hydrogens (tertiary/aromatic N) is 2. The summed E-state index contributed by atoms with van der Waals surface area (Å²) in [7, 11) is 0. The van der Waals surface area contributed by atoms with Crippen LogP contribution in [0.1, 0.15) is 28.8 Å². The first-order chi connectivity index (χ1) is 11.7. The molecule has 7 nitrogen and oxygen atoms in total. The summed E-state index contributed by atoms with van der Waals surface area (Å²) in [6.07, 6.45) is -6.72. The first kappa shape index (κ1) is 19.3. The zero-order valence-corrected chi connectivity index (χ0v) is 13.1. The van der Waals surface area contributed by atoms with Crippen LogP contribution in [-0.2, 0) is 5.66 Å². The first-order valence-electron chi connectivity index (χ1n) is 7.58. The van der Waals surface area contributed by atoms with Crippen LogP contribution in [0.15, 0.2) is 34.5 Å². The Bertz CT molecular complexity index is 628. The minimum atomic E-state index is -4.62. The topological polar surface area (TPSA) is 115 Å². The van der Waals surface area contributed by atoms with Crippen LogP contribution in [0.4, 0.5) is 13.2 Å². The predicted molar refractivity (Wildman–Crippen MR) is 79.7 cm³/mol. The van der Waals surface area contributed by atoms with Crippen molar-refractivity contribution in [1.29, 1.82) is 0 Å². The van der Waals surface area contributed by atoms with Crippen molar-refractivity contribution >= 4 is 5.91 Å². The third kappa shape index (κ3) is 4.33. The number of aliphatic hydroxyl groups is 3. The highest BCUT2D eigenvalue weighted by molar-refractivity contribution is 5.94. The van der Waals surface area contributed by atoms with E-state index in [9.17, 15) is 28.2 Å². The Labute approximate surface area is 141 Å². The number of rotatable bonds is 8. The number of amides is 1. The van der Waals surface area contributed by atoms with Crippen molar-refractivity contribution in [1.82, 2.24) is 5.32 Å². The molecule has 0 bridgehead atoms. The summed E-state index contributed by atoms with van der Waals surface area (Å²) in [5, 5.41) is 36.4. The second-order valence-electron chi connectivity index (χ2n) is 5.64. The molecule has 0 spiro atoms. The van der Waals surface area contributed by atoms with Crippen molar-refractivity contribution in [3.05, 3.63) is 35.4 Å². The van der Waals surface area contributed by atoms with E-state index < -0.39 is 30.0 Å². The van der Waals surface area contributed by atoms with E-state index in [0.29, 0.717) is 0 Å². The number of benzene rings is 1. The van der Waals surface area contributed by atoms with Gasteiger partial charge in [-0.2, -0.15) is 13.2 Å². The van der Waals surface area contributed by atoms with Gasteiger partial charge in [-0.25, -0.2) is 0 Å². The molecule has 1 aliphatic heterocycles. The molecule has 1 aromatic rings. The number of aliphatic hydroxyl groups excluding tert-OH is 3. The fourth-order valence-corrected chi connectivity index (χ4v) is 2.25. The van der Waals surface area contributed by atoms with Gasteiger partial charge in [0.25, 0.3) is 5.91 Å². The second kappa shape index (κ2) is 7.46. The molecule has 0 fully saturated rings. The summed E-state index contributed by atoms with van der Waals surface area (Å²) in [5.74, 6) is -0.527. The van der Waals surface area contributed by atoms with Crippen molar-refractivity contribution in [2.45, 2.75) is 36.9 Å². The average Bonchev–Trinajstić information content (AvgIpc) is 3.36. The highest BCUT2D eigenvalue weighted by atomic mass is 19.4. The van der Waals surface area contributed by atoms with Gasteiger partial charge in [-0.3, -0.25) is 4.79 Å². The molecule has 0 aliphatic carbocycles. The van der Waals surface area contributed by atoms with E-state index in [1.54, 1.807) is 0 Å². The van der Waals surface area contributed by atoms with Crippen molar-refractivity contribution in [2.75, 3.05) is 13.2 Å². The van der Waals surface area contributed by atoms with Crippen LogP contribution in [0.25, 0.3) is 0 Å². The van der Waals surface area contributed by atoms with Gasteiger partial charge in [-0.05, 0) is 25.0 Å². The third-order valence-corrected chi connectivity index (χ3v) is 3.84. The zero-order valence-electron chi connectivity index (χ0n) is 13.1. The van der Waals surface area contributed by atoms with Crippen LogP contribution >= 0.6 is 0 Å². The van der Waals surface area contributed by atoms with E-state index in [-0.39, 0.29) is 37.1 Å². The molecule has 10 heteroatoms. The number of carbonyl (C=O) groups excluding carboxylic acids is 1. The van der Waals surface area contributed by atoms with Crippen molar-refractivity contribution in [3.8, 4) is 0 Å². The molecular weight excluding hydrogens is 343 g/mol. The van der Waals surface area contributed by atoms with Gasteiger partial charge in [-0.15, -0.1) is 10.2 Å². The molecule has 0 unspecified atom stereocenters. The maximum Gasteiger partial charge on any atom is 0.442 e. The fourth-order valence-electron chi connectivity index (χ4n) is 2.25. The molecule has 0 aromatic heterocycles. The number of hydrogen-bond donors (Lipinski definition) is 4. The Hall–Kier alpha value is -2.04. The summed E-state index contributed by atoms with van der Waals surface area (Å²) >= 11 is 0. The Morgan fingerprint density at radius 3 is 2.16 bits per heavy atom.